The van der Waals surface area contributed by atoms with Crippen LogP contribution in [0.4, 0.5) is 0 Å². The molecular formula is C14H27N3O2. The summed E-state index contributed by atoms with van der Waals surface area (Å²) in [4.78, 5) is 16.2. The summed E-state index contributed by atoms with van der Waals surface area (Å²) >= 11 is 0. The van der Waals surface area contributed by atoms with Crippen molar-refractivity contribution in [2.45, 2.75) is 44.7 Å². The van der Waals surface area contributed by atoms with E-state index in [-0.39, 0.29) is 6.04 Å². The number of aliphatic carboxylic acids is 1. The number of nitrogens with zero attached hydrogens (tertiary/aromatic N) is 2. The average molecular weight is 269 g/mol. The minimum Gasteiger partial charge on any atom is -0.480 e. The molecule has 0 spiro atoms. The Morgan fingerprint density at radius 2 is 2.26 bits per heavy atom. The van der Waals surface area contributed by atoms with Gasteiger partial charge in [0.25, 0.3) is 0 Å². The summed E-state index contributed by atoms with van der Waals surface area (Å²) in [5.74, 6) is -0.715. The number of piperazine rings is 1. The van der Waals surface area contributed by atoms with Gasteiger partial charge in [0, 0.05) is 32.2 Å². The summed E-state index contributed by atoms with van der Waals surface area (Å²) in [6.45, 7) is 8.38. The monoisotopic (exact) mass is 269 g/mol. The molecule has 2 fully saturated rings. The molecule has 2 atom stereocenters. The predicted molar refractivity (Wildman–Crippen MR) is 75.4 cm³/mol. The Morgan fingerprint density at radius 1 is 1.42 bits per heavy atom. The fourth-order valence-corrected chi connectivity index (χ4v) is 3.20. The molecule has 0 aromatic rings. The predicted octanol–water partition coefficient (Wildman–Crippen LogP) is 0.609. The SMILES string of the molecule is CCCNC(CCN1CCN2CCCC2C1)C(=O)O. The van der Waals surface area contributed by atoms with Crippen molar-refractivity contribution in [2.24, 2.45) is 0 Å². The molecule has 0 aromatic heterocycles. The van der Waals surface area contributed by atoms with Crippen LogP contribution in [0, 0.1) is 0 Å². The Labute approximate surface area is 115 Å². The van der Waals surface area contributed by atoms with Crippen molar-refractivity contribution in [3.63, 3.8) is 0 Å². The molecule has 110 valence electrons. The molecule has 0 bridgehead atoms. The lowest BCUT2D eigenvalue weighted by Crippen LogP contribution is -2.51. The maximum atomic E-state index is 11.2. The zero-order valence-electron chi connectivity index (χ0n) is 12.0. The molecule has 0 aliphatic carbocycles. The topological polar surface area (TPSA) is 55.8 Å². The van der Waals surface area contributed by atoms with Crippen LogP contribution in [0.25, 0.3) is 0 Å². The summed E-state index contributed by atoms with van der Waals surface area (Å²) in [7, 11) is 0. The third-order valence-corrected chi connectivity index (χ3v) is 4.34. The maximum absolute atomic E-state index is 11.2. The first-order chi connectivity index (χ1) is 9.20. The highest BCUT2D eigenvalue weighted by molar-refractivity contribution is 5.73. The Balaban J connectivity index is 1.72. The molecule has 0 amide bonds. The minimum absolute atomic E-state index is 0.387. The summed E-state index contributed by atoms with van der Waals surface area (Å²) in [5.41, 5.74) is 0. The van der Waals surface area contributed by atoms with E-state index < -0.39 is 5.97 Å². The standard InChI is InChI=1S/C14H27N3O2/c1-2-6-15-13(14(18)19)5-8-16-9-10-17-7-3-4-12(17)11-16/h12-13,15H,2-11H2,1H3,(H,18,19). The maximum Gasteiger partial charge on any atom is 0.320 e. The Bertz CT molecular complexity index is 298. The molecule has 2 aliphatic heterocycles. The minimum atomic E-state index is -0.715. The van der Waals surface area contributed by atoms with Crippen LogP contribution in [-0.4, -0.2) is 72.2 Å². The van der Waals surface area contributed by atoms with Gasteiger partial charge in [-0.25, -0.2) is 0 Å². The van der Waals surface area contributed by atoms with Gasteiger partial charge in [0.2, 0.25) is 0 Å². The Kier molecular flexibility index (Phi) is 5.60. The average Bonchev–Trinajstić information content (AvgIpc) is 2.85. The lowest BCUT2D eigenvalue weighted by molar-refractivity contribution is -0.139. The van der Waals surface area contributed by atoms with Crippen LogP contribution in [0.2, 0.25) is 0 Å². The van der Waals surface area contributed by atoms with E-state index in [4.69, 9.17) is 0 Å². The van der Waals surface area contributed by atoms with E-state index in [1.807, 2.05) is 0 Å². The first-order valence-electron chi connectivity index (χ1n) is 7.63. The second-order valence-corrected chi connectivity index (χ2v) is 5.77. The Morgan fingerprint density at radius 3 is 3.00 bits per heavy atom. The third-order valence-electron chi connectivity index (χ3n) is 4.34. The van der Waals surface area contributed by atoms with Crippen LogP contribution in [-0.2, 0) is 4.79 Å². The smallest absolute Gasteiger partial charge is 0.320 e. The number of carbonyl (C=O) groups is 1. The highest BCUT2D eigenvalue weighted by atomic mass is 16.4. The molecule has 5 heteroatoms. The number of fused-ring (bicyclic) bond motifs is 1. The van der Waals surface area contributed by atoms with E-state index in [9.17, 15) is 9.90 Å². The van der Waals surface area contributed by atoms with Gasteiger partial charge in [0.1, 0.15) is 6.04 Å². The van der Waals surface area contributed by atoms with Gasteiger partial charge in [-0.05, 0) is 38.8 Å². The van der Waals surface area contributed by atoms with Crippen molar-refractivity contribution in [1.82, 2.24) is 15.1 Å². The van der Waals surface area contributed by atoms with Gasteiger partial charge in [-0.15, -0.1) is 0 Å². The zero-order chi connectivity index (χ0) is 13.7. The highest BCUT2D eigenvalue weighted by Gasteiger charge is 2.30. The number of nitrogens with one attached hydrogen (secondary N) is 1. The van der Waals surface area contributed by atoms with Gasteiger partial charge in [0.15, 0.2) is 0 Å². The van der Waals surface area contributed by atoms with Gasteiger partial charge in [-0.3, -0.25) is 9.69 Å². The first kappa shape index (κ1) is 14.8. The van der Waals surface area contributed by atoms with Crippen LogP contribution >= 0.6 is 0 Å². The molecule has 2 unspecified atom stereocenters. The second kappa shape index (κ2) is 7.22. The molecule has 2 N–H and O–H groups in total. The van der Waals surface area contributed by atoms with Crippen molar-refractivity contribution in [3.8, 4) is 0 Å². The normalized spacial score (nSPS) is 26.3. The van der Waals surface area contributed by atoms with Crippen molar-refractivity contribution in [3.05, 3.63) is 0 Å². The van der Waals surface area contributed by atoms with E-state index in [0.717, 1.165) is 45.2 Å². The van der Waals surface area contributed by atoms with Gasteiger partial charge in [0.05, 0.1) is 0 Å². The lowest BCUT2D eigenvalue weighted by Gasteiger charge is -2.37. The van der Waals surface area contributed by atoms with Gasteiger partial charge in [-0.1, -0.05) is 6.92 Å². The summed E-state index contributed by atoms with van der Waals surface area (Å²) in [6.07, 6.45) is 4.33. The largest absolute Gasteiger partial charge is 0.480 e. The molecule has 19 heavy (non-hydrogen) atoms. The zero-order valence-corrected chi connectivity index (χ0v) is 12.0. The molecule has 5 nitrogen and oxygen atoms in total. The van der Waals surface area contributed by atoms with E-state index >= 15 is 0 Å². The number of hydrogen-bond donors (Lipinski definition) is 2. The number of hydrogen-bond acceptors (Lipinski definition) is 4. The number of rotatable bonds is 7. The second-order valence-electron chi connectivity index (χ2n) is 5.77. The lowest BCUT2D eigenvalue weighted by atomic mass is 10.1. The Hall–Kier alpha value is -0.650. The highest BCUT2D eigenvalue weighted by Crippen LogP contribution is 2.21. The molecule has 2 rings (SSSR count). The van der Waals surface area contributed by atoms with Crippen LogP contribution in [0.5, 0.6) is 0 Å². The van der Waals surface area contributed by atoms with E-state index in [2.05, 4.69) is 22.0 Å². The molecule has 2 saturated heterocycles. The van der Waals surface area contributed by atoms with E-state index in [0.29, 0.717) is 6.42 Å². The van der Waals surface area contributed by atoms with Crippen molar-refractivity contribution in [1.29, 1.82) is 0 Å². The molecule has 0 aromatic carbocycles. The van der Waals surface area contributed by atoms with Gasteiger partial charge < -0.3 is 15.3 Å². The number of carboxylic acids is 1. The first-order valence-corrected chi connectivity index (χ1v) is 7.63. The van der Waals surface area contributed by atoms with Gasteiger partial charge in [-0.2, -0.15) is 0 Å². The molecule has 0 saturated carbocycles. The summed E-state index contributed by atoms with van der Waals surface area (Å²) in [5, 5.41) is 12.3. The van der Waals surface area contributed by atoms with Crippen molar-refractivity contribution in [2.75, 3.05) is 39.3 Å². The van der Waals surface area contributed by atoms with Crippen LogP contribution in [0.15, 0.2) is 0 Å². The quantitative estimate of drug-likeness (QED) is 0.709. The van der Waals surface area contributed by atoms with Gasteiger partial charge >= 0.3 is 5.97 Å². The van der Waals surface area contributed by atoms with Crippen molar-refractivity contribution < 1.29 is 9.90 Å². The van der Waals surface area contributed by atoms with Crippen LogP contribution in [0.1, 0.15) is 32.6 Å². The molecule has 0 radical (unpaired) electrons. The van der Waals surface area contributed by atoms with E-state index in [1.54, 1.807) is 0 Å². The fraction of sp³-hybridized carbons (Fsp3) is 0.929. The number of carboxylic acid groups (broad SMARTS) is 1. The molecule has 2 aliphatic rings. The summed E-state index contributed by atoms with van der Waals surface area (Å²) < 4.78 is 0. The molecular weight excluding hydrogens is 242 g/mol. The fourth-order valence-electron chi connectivity index (χ4n) is 3.20. The van der Waals surface area contributed by atoms with E-state index in [1.165, 1.54) is 19.4 Å². The third kappa shape index (κ3) is 4.16. The van der Waals surface area contributed by atoms with Crippen LogP contribution < -0.4 is 5.32 Å². The summed E-state index contributed by atoms with van der Waals surface area (Å²) in [6, 6.07) is 0.335. The van der Waals surface area contributed by atoms with Crippen LogP contribution in [0.3, 0.4) is 0 Å². The van der Waals surface area contributed by atoms with Crippen molar-refractivity contribution >= 4 is 5.97 Å². The molecule has 2 heterocycles.